The second-order valence-corrected chi connectivity index (χ2v) is 4.14. The number of rotatable bonds is 5. The fraction of sp³-hybridized carbons (Fsp3) is 0.214. The molecule has 2 aromatic rings. The number of aromatic carboxylic acids is 1. The minimum atomic E-state index is -1.19. The Morgan fingerprint density at radius 3 is 2.40 bits per heavy atom. The second kappa shape index (κ2) is 6.01. The molecule has 20 heavy (non-hydrogen) atoms. The van der Waals surface area contributed by atoms with Crippen LogP contribution in [-0.2, 0) is 6.54 Å². The maximum atomic E-state index is 12.2. The fourth-order valence-corrected chi connectivity index (χ4v) is 1.76. The molecular weight excluding hydrogens is 260 g/mol. The van der Waals surface area contributed by atoms with Crippen molar-refractivity contribution in [3.05, 3.63) is 53.7 Å². The minimum Gasteiger partial charge on any atom is -0.475 e. The molecule has 0 fully saturated rings. The van der Waals surface area contributed by atoms with E-state index in [9.17, 15) is 9.59 Å². The van der Waals surface area contributed by atoms with Gasteiger partial charge < -0.3 is 14.4 Å². The number of carboxylic acids is 1. The molecule has 2 rings (SSSR count). The van der Waals surface area contributed by atoms with Gasteiger partial charge in [0.2, 0.25) is 5.76 Å². The van der Waals surface area contributed by atoms with Gasteiger partial charge in [-0.15, -0.1) is 0 Å². The highest BCUT2D eigenvalue weighted by Crippen LogP contribution is 2.13. The summed E-state index contributed by atoms with van der Waals surface area (Å²) in [5, 5.41) is 8.79. The van der Waals surface area contributed by atoms with E-state index >= 15 is 0 Å². The van der Waals surface area contributed by atoms with Crippen LogP contribution in [0.1, 0.15) is 33.6 Å². The first-order valence-electron chi connectivity index (χ1n) is 6.13. The van der Waals surface area contributed by atoms with Crippen LogP contribution in [0.3, 0.4) is 0 Å². The van der Waals surface area contributed by atoms with Crippen LogP contribution in [0.25, 0.3) is 0 Å². The molecule has 0 saturated carbocycles. The third kappa shape index (κ3) is 3.03. The lowest BCUT2D eigenvalue weighted by molar-refractivity contribution is 0.0649. The molecule has 0 saturated heterocycles. The first-order valence-corrected chi connectivity index (χ1v) is 6.13. The van der Waals surface area contributed by atoms with Gasteiger partial charge in [-0.1, -0.05) is 0 Å². The maximum Gasteiger partial charge on any atom is 0.371 e. The highest BCUT2D eigenvalue weighted by molar-refractivity contribution is 5.93. The lowest BCUT2D eigenvalue weighted by Gasteiger charge is -2.19. The molecule has 1 amide bonds. The van der Waals surface area contributed by atoms with Crippen molar-refractivity contribution in [1.82, 2.24) is 9.88 Å². The first-order chi connectivity index (χ1) is 9.61. The molecular formula is C14H14N2O4. The first kappa shape index (κ1) is 13.8. The molecule has 0 atom stereocenters. The van der Waals surface area contributed by atoms with Crippen molar-refractivity contribution in [3.63, 3.8) is 0 Å². The summed E-state index contributed by atoms with van der Waals surface area (Å²) in [6, 6.07) is 6.29. The SMILES string of the molecule is CCN(Cc1ccncc1)C(=O)c1ccc(C(=O)O)o1. The molecule has 0 aromatic carbocycles. The van der Waals surface area contributed by atoms with Crippen LogP contribution < -0.4 is 0 Å². The molecule has 0 aliphatic carbocycles. The van der Waals surface area contributed by atoms with Gasteiger partial charge in [0.05, 0.1) is 0 Å². The van der Waals surface area contributed by atoms with Crippen molar-refractivity contribution in [2.45, 2.75) is 13.5 Å². The highest BCUT2D eigenvalue weighted by atomic mass is 16.4. The van der Waals surface area contributed by atoms with Gasteiger partial charge in [0, 0.05) is 25.5 Å². The molecule has 0 bridgehead atoms. The average Bonchev–Trinajstić information content (AvgIpc) is 2.95. The van der Waals surface area contributed by atoms with Crippen LogP contribution in [0, 0.1) is 0 Å². The monoisotopic (exact) mass is 274 g/mol. The zero-order valence-corrected chi connectivity index (χ0v) is 10.9. The topological polar surface area (TPSA) is 83.6 Å². The summed E-state index contributed by atoms with van der Waals surface area (Å²) in [4.78, 5) is 28.5. The van der Waals surface area contributed by atoms with E-state index < -0.39 is 5.97 Å². The quantitative estimate of drug-likeness (QED) is 0.901. The number of furan rings is 1. The Morgan fingerprint density at radius 1 is 1.20 bits per heavy atom. The molecule has 6 heteroatoms. The van der Waals surface area contributed by atoms with Crippen molar-refractivity contribution in [1.29, 1.82) is 0 Å². The molecule has 1 N–H and O–H groups in total. The summed E-state index contributed by atoms with van der Waals surface area (Å²) < 4.78 is 5.02. The van der Waals surface area contributed by atoms with E-state index in [0.717, 1.165) is 5.56 Å². The number of carboxylic acid groups (broad SMARTS) is 1. The highest BCUT2D eigenvalue weighted by Gasteiger charge is 2.20. The van der Waals surface area contributed by atoms with E-state index in [1.807, 2.05) is 19.1 Å². The maximum absolute atomic E-state index is 12.2. The Morgan fingerprint density at radius 2 is 1.85 bits per heavy atom. The van der Waals surface area contributed by atoms with Crippen molar-refractivity contribution in [2.75, 3.05) is 6.54 Å². The van der Waals surface area contributed by atoms with Crippen LogP contribution in [-0.4, -0.2) is 33.4 Å². The van der Waals surface area contributed by atoms with E-state index in [0.29, 0.717) is 13.1 Å². The van der Waals surface area contributed by atoms with E-state index in [1.165, 1.54) is 12.1 Å². The Bertz CT molecular complexity index is 607. The summed E-state index contributed by atoms with van der Waals surface area (Å²) in [5.74, 6) is -1.75. The summed E-state index contributed by atoms with van der Waals surface area (Å²) in [6.45, 7) is 2.76. The summed E-state index contributed by atoms with van der Waals surface area (Å²) in [6.07, 6.45) is 3.31. The Kier molecular flexibility index (Phi) is 4.14. The molecule has 2 heterocycles. The molecule has 0 aliphatic rings. The van der Waals surface area contributed by atoms with Gasteiger partial charge in [-0.05, 0) is 36.8 Å². The van der Waals surface area contributed by atoms with Gasteiger partial charge in [0.15, 0.2) is 5.76 Å². The van der Waals surface area contributed by atoms with Crippen LogP contribution in [0.2, 0.25) is 0 Å². The number of hydrogen-bond donors (Lipinski definition) is 1. The third-order valence-electron chi connectivity index (χ3n) is 2.82. The molecule has 6 nitrogen and oxygen atoms in total. The van der Waals surface area contributed by atoms with Gasteiger partial charge >= 0.3 is 5.97 Å². The smallest absolute Gasteiger partial charge is 0.371 e. The van der Waals surface area contributed by atoms with E-state index in [1.54, 1.807) is 17.3 Å². The Hall–Kier alpha value is -2.63. The predicted octanol–water partition coefficient (Wildman–Crippen LogP) is 2.04. The number of amides is 1. The predicted molar refractivity (Wildman–Crippen MR) is 70.3 cm³/mol. The van der Waals surface area contributed by atoms with Crippen molar-refractivity contribution in [3.8, 4) is 0 Å². The Balaban J connectivity index is 2.14. The van der Waals surface area contributed by atoms with Gasteiger partial charge in [0.1, 0.15) is 0 Å². The zero-order chi connectivity index (χ0) is 14.5. The van der Waals surface area contributed by atoms with Crippen molar-refractivity contribution >= 4 is 11.9 Å². The molecule has 0 spiro atoms. The number of aromatic nitrogens is 1. The van der Waals surface area contributed by atoms with Crippen LogP contribution in [0.5, 0.6) is 0 Å². The zero-order valence-electron chi connectivity index (χ0n) is 10.9. The lowest BCUT2D eigenvalue weighted by atomic mass is 10.2. The van der Waals surface area contributed by atoms with E-state index in [-0.39, 0.29) is 17.4 Å². The van der Waals surface area contributed by atoms with Gasteiger partial charge in [0.25, 0.3) is 5.91 Å². The second-order valence-electron chi connectivity index (χ2n) is 4.14. The summed E-state index contributed by atoms with van der Waals surface area (Å²) >= 11 is 0. The summed E-state index contributed by atoms with van der Waals surface area (Å²) in [7, 11) is 0. The largest absolute Gasteiger partial charge is 0.475 e. The molecule has 0 aliphatic heterocycles. The van der Waals surface area contributed by atoms with Crippen molar-refractivity contribution in [2.24, 2.45) is 0 Å². The summed E-state index contributed by atoms with van der Waals surface area (Å²) in [5.41, 5.74) is 0.945. The Labute approximate surface area is 115 Å². The van der Waals surface area contributed by atoms with Gasteiger partial charge in [-0.25, -0.2) is 4.79 Å². The fourth-order valence-electron chi connectivity index (χ4n) is 1.76. The normalized spacial score (nSPS) is 10.2. The average molecular weight is 274 g/mol. The number of hydrogen-bond acceptors (Lipinski definition) is 4. The minimum absolute atomic E-state index is 0.0262. The van der Waals surface area contributed by atoms with Gasteiger partial charge in [-0.2, -0.15) is 0 Å². The molecule has 2 aromatic heterocycles. The standard InChI is InChI=1S/C14H14N2O4/c1-2-16(9-10-5-7-15-8-6-10)13(17)11-3-4-12(20-11)14(18)19/h3-8H,2,9H2,1H3,(H,18,19). The third-order valence-corrected chi connectivity index (χ3v) is 2.82. The molecule has 104 valence electrons. The van der Waals surface area contributed by atoms with E-state index in [4.69, 9.17) is 9.52 Å². The number of carbonyl (C=O) groups excluding carboxylic acids is 1. The number of carbonyl (C=O) groups is 2. The van der Waals surface area contributed by atoms with Gasteiger partial charge in [-0.3, -0.25) is 9.78 Å². The van der Waals surface area contributed by atoms with Crippen LogP contribution >= 0.6 is 0 Å². The lowest BCUT2D eigenvalue weighted by Crippen LogP contribution is -2.30. The van der Waals surface area contributed by atoms with Crippen molar-refractivity contribution < 1.29 is 19.1 Å². The molecule has 0 radical (unpaired) electrons. The number of nitrogens with zero attached hydrogens (tertiary/aromatic N) is 2. The van der Waals surface area contributed by atoms with Crippen LogP contribution in [0.4, 0.5) is 0 Å². The molecule has 0 unspecified atom stereocenters. The number of pyridine rings is 1. The van der Waals surface area contributed by atoms with E-state index in [2.05, 4.69) is 4.98 Å². The van der Waals surface area contributed by atoms with Crippen LogP contribution in [0.15, 0.2) is 41.1 Å².